The van der Waals surface area contributed by atoms with Gasteiger partial charge in [-0.25, -0.2) is 26.3 Å². The molecule has 0 atom stereocenters. The fourth-order valence-corrected chi connectivity index (χ4v) is 5.41. The van der Waals surface area contributed by atoms with Gasteiger partial charge < -0.3 is 0 Å². The average Bonchev–Trinajstić information content (AvgIpc) is 2.91. The van der Waals surface area contributed by atoms with Gasteiger partial charge in [0.2, 0.25) is 0 Å². The molecule has 0 amide bonds. The van der Waals surface area contributed by atoms with Gasteiger partial charge in [-0.15, -0.1) is 0 Å². The third-order valence-corrected chi connectivity index (χ3v) is 7.57. The van der Waals surface area contributed by atoms with Crippen molar-refractivity contribution >= 4 is 16.6 Å². The lowest BCUT2D eigenvalue weighted by molar-refractivity contribution is -0.0696. The van der Waals surface area contributed by atoms with Gasteiger partial charge in [0, 0.05) is 22.8 Å². The maximum atomic E-state index is 15.1. The lowest BCUT2D eigenvalue weighted by Gasteiger charge is -2.27. The molecule has 0 N–H and O–H groups in total. The standard InChI is InChI=1S/C32H27F9/c1-2-3-4-5-18-6-8-19(9-7-18)29(36)30(37)22-16-26(34)28(27(35)17-22)20-10-11-23-21(14-20)15-25(33)24(31(23)38)12-13-32(39,40)41/h10-11,14-19H,2-9H2,1H3/b30-29+. The summed E-state index contributed by atoms with van der Waals surface area (Å²) in [6.07, 6.45) is 1.84. The number of fused-ring (bicyclic) bond motifs is 1. The molecule has 218 valence electrons. The van der Waals surface area contributed by atoms with Crippen LogP contribution >= 0.6 is 0 Å². The van der Waals surface area contributed by atoms with Crippen LogP contribution in [-0.2, 0) is 0 Å². The monoisotopic (exact) mass is 582 g/mol. The zero-order valence-electron chi connectivity index (χ0n) is 22.2. The highest BCUT2D eigenvalue weighted by Gasteiger charge is 2.28. The third kappa shape index (κ3) is 7.09. The van der Waals surface area contributed by atoms with Crippen LogP contribution in [0.3, 0.4) is 0 Å². The van der Waals surface area contributed by atoms with Crippen molar-refractivity contribution in [1.29, 1.82) is 0 Å². The summed E-state index contributed by atoms with van der Waals surface area (Å²) in [4.78, 5) is 0. The number of halogens is 9. The number of allylic oxidation sites excluding steroid dienone is 1. The summed E-state index contributed by atoms with van der Waals surface area (Å²) in [5, 5.41) is -0.518. The van der Waals surface area contributed by atoms with E-state index in [4.69, 9.17) is 0 Å². The molecular formula is C32H27F9. The Labute approximate surface area is 232 Å². The second-order valence-electron chi connectivity index (χ2n) is 10.4. The lowest BCUT2D eigenvalue weighted by Crippen LogP contribution is -2.15. The zero-order valence-corrected chi connectivity index (χ0v) is 22.2. The maximum absolute atomic E-state index is 15.1. The Balaban J connectivity index is 1.60. The molecule has 4 rings (SSSR count). The van der Waals surface area contributed by atoms with Gasteiger partial charge >= 0.3 is 6.18 Å². The van der Waals surface area contributed by atoms with Gasteiger partial charge in [-0.2, -0.15) is 13.2 Å². The van der Waals surface area contributed by atoms with Gasteiger partial charge in [0.15, 0.2) is 5.83 Å². The summed E-state index contributed by atoms with van der Waals surface area (Å²) in [5.74, 6) is -5.56. The van der Waals surface area contributed by atoms with Crippen molar-refractivity contribution in [3.05, 3.63) is 76.6 Å². The van der Waals surface area contributed by atoms with E-state index in [0.717, 1.165) is 62.6 Å². The Morgan fingerprint density at radius 1 is 0.854 bits per heavy atom. The molecule has 0 spiro atoms. The van der Waals surface area contributed by atoms with Gasteiger partial charge in [-0.05, 0) is 66.8 Å². The molecule has 3 aromatic rings. The topological polar surface area (TPSA) is 0 Å². The van der Waals surface area contributed by atoms with E-state index < -0.39 is 63.7 Å². The average molecular weight is 583 g/mol. The van der Waals surface area contributed by atoms with Crippen molar-refractivity contribution in [2.24, 2.45) is 11.8 Å². The number of alkyl halides is 3. The molecule has 0 aromatic heterocycles. The smallest absolute Gasteiger partial charge is 0.208 e. The van der Waals surface area contributed by atoms with Crippen LogP contribution in [0.4, 0.5) is 39.5 Å². The largest absolute Gasteiger partial charge is 0.458 e. The molecule has 3 aromatic carbocycles. The van der Waals surface area contributed by atoms with Gasteiger partial charge in [0.25, 0.3) is 0 Å². The Morgan fingerprint density at radius 2 is 1.51 bits per heavy atom. The third-order valence-electron chi connectivity index (χ3n) is 7.57. The zero-order chi connectivity index (χ0) is 29.9. The second-order valence-corrected chi connectivity index (χ2v) is 10.4. The van der Waals surface area contributed by atoms with E-state index in [1.54, 1.807) is 0 Å². The van der Waals surface area contributed by atoms with E-state index in [2.05, 4.69) is 6.92 Å². The van der Waals surface area contributed by atoms with Crippen LogP contribution in [0.1, 0.15) is 69.4 Å². The number of rotatable bonds is 7. The number of benzene rings is 3. The molecule has 1 saturated carbocycles. The number of hydrogen-bond acceptors (Lipinski definition) is 0. The quantitative estimate of drug-likeness (QED) is 0.148. The van der Waals surface area contributed by atoms with E-state index in [9.17, 15) is 22.0 Å². The van der Waals surface area contributed by atoms with Crippen molar-refractivity contribution in [3.63, 3.8) is 0 Å². The Bertz CT molecular complexity index is 1490. The molecule has 1 fully saturated rings. The molecule has 0 nitrogen and oxygen atoms in total. The molecule has 0 saturated heterocycles. The van der Waals surface area contributed by atoms with Crippen LogP contribution in [0.5, 0.6) is 0 Å². The van der Waals surface area contributed by atoms with E-state index in [0.29, 0.717) is 37.0 Å². The SMILES string of the molecule is CCCCCC1CCC(/C(F)=C(\F)c2cc(F)c(-c3ccc4c(F)c(C#CC(F)(F)F)c(F)cc4c3)c(F)c2)CC1. The van der Waals surface area contributed by atoms with Crippen molar-refractivity contribution in [1.82, 2.24) is 0 Å². The van der Waals surface area contributed by atoms with Crippen molar-refractivity contribution < 1.29 is 39.5 Å². The maximum Gasteiger partial charge on any atom is 0.458 e. The summed E-state index contributed by atoms with van der Waals surface area (Å²) in [7, 11) is 0. The fraction of sp³-hybridized carbons (Fsp3) is 0.375. The Hall–Kier alpha value is -3.41. The number of unbranched alkanes of at least 4 members (excludes halogenated alkanes) is 2. The van der Waals surface area contributed by atoms with Crippen LogP contribution in [0, 0.1) is 46.9 Å². The van der Waals surface area contributed by atoms with Gasteiger partial charge in [0.05, 0.1) is 11.1 Å². The molecule has 9 heteroatoms. The van der Waals surface area contributed by atoms with Crippen molar-refractivity contribution in [2.75, 3.05) is 0 Å². The molecule has 1 aliphatic rings. The molecule has 0 bridgehead atoms. The second kappa shape index (κ2) is 12.6. The van der Waals surface area contributed by atoms with Crippen LogP contribution in [-0.4, -0.2) is 6.18 Å². The van der Waals surface area contributed by atoms with E-state index in [1.807, 2.05) is 0 Å². The van der Waals surface area contributed by atoms with E-state index in [-0.39, 0.29) is 16.3 Å². The minimum absolute atomic E-state index is 0.168. The first-order valence-corrected chi connectivity index (χ1v) is 13.5. The van der Waals surface area contributed by atoms with Crippen molar-refractivity contribution in [3.8, 4) is 23.0 Å². The molecule has 0 radical (unpaired) electrons. The highest BCUT2D eigenvalue weighted by atomic mass is 19.4. The normalized spacial score (nSPS) is 18.2. The van der Waals surface area contributed by atoms with Gasteiger partial charge in [-0.3, -0.25) is 0 Å². The first kappa shape index (κ1) is 30.5. The van der Waals surface area contributed by atoms with Gasteiger partial charge in [0.1, 0.15) is 29.1 Å². The molecule has 0 unspecified atom stereocenters. The summed E-state index contributed by atoms with van der Waals surface area (Å²) in [5.41, 5.74) is -2.51. The lowest BCUT2D eigenvalue weighted by atomic mass is 9.79. The number of hydrogen-bond donors (Lipinski definition) is 0. The Morgan fingerprint density at radius 3 is 2.12 bits per heavy atom. The predicted octanol–water partition coefficient (Wildman–Crippen LogP) is 11.0. The summed E-state index contributed by atoms with van der Waals surface area (Å²) < 4.78 is 126. The van der Waals surface area contributed by atoms with Gasteiger partial charge in [-0.1, -0.05) is 50.7 Å². The summed E-state index contributed by atoms with van der Waals surface area (Å²) in [6.45, 7) is 2.11. The first-order valence-electron chi connectivity index (χ1n) is 13.5. The highest BCUT2D eigenvalue weighted by Crippen LogP contribution is 2.40. The first-order chi connectivity index (χ1) is 19.4. The van der Waals surface area contributed by atoms with Crippen LogP contribution in [0.2, 0.25) is 0 Å². The molecule has 41 heavy (non-hydrogen) atoms. The molecular weight excluding hydrogens is 555 g/mol. The summed E-state index contributed by atoms with van der Waals surface area (Å²) in [6, 6.07) is 5.15. The minimum atomic E-state index is -4.97. The Kier molecular flexibility index (Phi) is 9.41. The highest BCUT2D eigenvalue weighted by molar-refractivity contribution is 5.89. The predicted molar refractivity (Wildman–Crippen MR) is 141 cm³/mol. The van der Waals surface area contributed by atoms with Crippen LogP contribution < -0.4 is 0 Å². The van der Waals surface area contributed by atoms with Crippen LogP contribution in [0.15, 0.2) is 42.2 Å². The summed E-state index contributed by atoms with van der Waals surface area (Å²) >= 11 is 0. The van der Waals surface area contributed by atoms with Crippen LogP contribution in [0.25, 0.3) is 27.7 Å². The van der Waals surface area contributed by atoms with E-state index in [1.165, 1.54) is 5.92 Å². The molecule has 0 aliphatic heterocycles. The van der Waals surface area contributed by atoms with E-state index >= 15 is 17.6 Å². The minimum Gasteiger partial charge on any atom is -0.208 e. The van der Waals surface area contributed by atoms with Crippen molar-refractivity contribution in [2.45, 2.75) is 64.5 Å². The molecule has 1 aliphatic carbocycles. The molecule has 0 heterocycles. The fourth-order valence-electron chi connectivity index (χ4n) is 5.41.